The Labute approximate surface area is 196 Å². The second-order valence-electron chi connectivity index (χ2n) is 9.34. The van der Waals surface area contributed by atoms with E-state index >= 15 is 0 Å². The van der Waals surface area contributed by atoms with Gasteiger partial charge in [-0.15, -0.1) is 0 Å². The Balaban J connectivity index is 1.83. The van der Waals surface area contributed by atoms with Crippen LogP contribution in [0.4, 0.5) is 13.2 Å². The number of hydrogen-bond donors (Lipinski definition) is 3. The zero-order valence-electron chi connectivity index (χ0n) is 19.3. The third-order valence-corrected chi connectivity index (χ3v) is 7.83. The highest BCUT2D eigenvalue weighted by Crippen LogP contribution is 2.33. The van der Waals surface area contributed by atoms with Crippen molar-refractivity contribution in [3.8, 4) is 5.88 Å². The number of halogens is 3. The first-order valence-electron chi connectivity index (χ1n) is 11.0. The fourth-order valence-corrected chi connectivity index (χ4v) is 6.47. The third-order valence-electron chi connectivity index (χ3n) is 5.93. The van der Waals surface area contributed by atoms with Crippen molar-refractivity contribution in [1.29, 1.82) is 5.41 Å². The second kappa shape index (κ2) is 9.93. The first kappa shape index (κ1) is 26.0. The highest BCUT2D eigenvalue weighted by Gasteiger charge is 2.41. The van der Waals surface area contributed by atoms with E-state index in [0.717, 1.165) is 12.3 Å². The monoisotopic (exact) mass is 502 g/mol. The maximum absolute atomic E-state index is 14.4. The van der Waals surface area contributed by atoms with E-state index in [1.165, 1.54) is 0 Å². The van der Waals surface area contributed by atoms with Gasteiger partial charge in [-0.1, -0.05) is 0 Å². The van der Waals surface area contributed by atoms with Crippen molar-refractivity contribution in [2.45, 2.75) is 64.6 Å². The van der Waals surface area contributed by atoms with Crippen LogP contribution in [0.25, 0.3) is 0 Å². The number of pyridine rings is 1. The lowest BCUT2D eigenvalue weighted by Gasteiger charge is -2.32. The quantitative estimate of drug-likeness (QED) is 0.470. The minimum atomic E-state index is -3.19. The average molecular weight is 503 g/mol. The molecule has 188 valence electrons. The minimum Gasteiger partial charge on any atom is -0.417 e. The zero-order chi connectivity index (χ0) is 25.3. The molecule has 1 aliphatic heterocycles. The average Bonchev–Trinajstić information content (AvgIpc) is 3.00. The summed E-state index contributed by atoms with van der Waals surface area (Å²) in [6, 6.07) is 0.918. The SMILES string of the molecule is CC(C)NC1=C(C(=N)c2cc(OC(F)F)ncc2F)CC[C@@H](C(=O)N[C@@]2(C)CCS(=O)(=O)C2)C1. The Hall–Kier alpha value is -2.63. The van der Waals surface area contributed by atoms with Crippen LogP contribution in [0.1, 0.15) is 52.0 Å². The summed E-state index contributed by atoms with van der Waals surface area (Å²) in [4.78, 5) is 16.5. The van der Waals surface area contributed by atoms with Crippen molar-refractivity contribution in [2.24, 2.45) is 5.92 Å². The first-order chi connectivity index (χ1) is 15.8. The molecule has 1 fully saturated rings. The van der Waals surface area contributed by atoms with Crippen molar-refractivity contribution < 1.29 is 31.1 Å². The van der Waals surface area contributed by atoms with Crippen molar-refractivity contribution >= 4 is 21.5 Å². The molecule has 1 amide bonds. The van der Waals surface area contributed by atoms with Crippen LogP contribution in [-0.4, -0.2) is 54.7 Å². The van der Waals surface area contributed by atoms with Crippen LogP contribution in [0.15, 0.2) is 23.5 Å². The molecule has 3 rings (SSSR count). The number of alkyl halides is 2. The second-order valence-corrected chi connectivity index (χ2v) is 11.5. The van der Waals surface area contributed by atoms with Gasteiger partial charge >= 0.3 is 6.61 Å². The van der Waals surface area contributed by atoms with E-state index in [2.05, 4.69) is 20.4 Å². The molecule has 0 radical (unpaired) electrons. The van der Waals surface area contributed by atoms with E-state index in [1.807, 2.05) is 13.8 Å². The van der Waals surface area contributed by atoms with Crippen LogP contribution >= 0.6 is 0 Å². The Morgan fingerprint density at radius 3 is 2.65 bits per heavy atom. The van der Waals surface area contributed by atoms with Crippen LogP contribution in [0, 0.1) is 17.1 Å². The molecule has 0 saturated carbocycles. The molecule has 34 heavy (non-hydrogen) atoms. The number of rotatable bonds is 8. The number of aromatic nitrogens is 1. The van der Waals surface area contributed by atoms with Crippen LogP contribution in [-0.2, 0) is 14.6 Å². The normalized spacial score (nSPS) is 24.4. The number of allylic oxidation sites excluding steroid dienone is 2. The van der Waals surface area contributed by atoms with Crippen LogP contribution < -0.4 is 15.4 Å². The van der Waals surface area contributed by atoms with Gasteiger partial charge in [0.15, 0.2) is 15.7 Å². The molecule has 1 aromatic heterocycles. The molecule has 0 spiro atoms. The standard InChI is InChI=1S/C22H29F3N4O4S/c1-12(2)28-17-8-13(20(30)29-22(3)6-7-34(31,32)11-22)4-5-14(17)19(26)15-9-18(33-21(24)25)27-10-16(15)23/h9-10,12-13,21,26,28H,4-8,11H2,1-3H3,(H,29,30)/t13-,22+/m1/s1. The van der Waals surface area contributed by atoms with Crippen LogP contribution in [0.5, 0.6) is 5.88 Å². The van der Waals surface area contributed by atoms with Gasteiger partial charge in [-0.05, 0) is 52.0 Å². The molecule has 0 bridgehead atoms. The number of nitrogens with zero attached hydrogens (tertiary/aromatic N) is 1. The lowest BCUT2D eigenvalue weighted by molar-refractivity contribution is -0.126. The van der Waals surface area contributed by atoms with E-state index in [9.17, 15) is 26.4 Å². The Morgan fingerprint density at radius 1 is 1.35 bits per heavy atom. The summed E-state index contributed by atoms with van der Waals surface area (Å²) < 4.78 is 67.5. The molecule has 1 aromatic rings. The van der Waals surface area contributed by atoms with E-state index in [0.29, 0.717) is 24.1 Å². The van der Waals surface area contributed by atoms with Gasteiger partial charge in [0.1, 0.15) is 0 Å². The number of nitrogens with one attached hydrogen (secondary N) is 3. The Morgan fingerprint density at radius 2 is 2.06 bits per heavy atom. The van der Waals surface area contributed by atoms with E-state index in [4.69, 9.17) is 5.41 Å². The molecule has 1 aliphatic carbocycles. The predicted octanol–water partition coefficient (Wildman–Crippen LogP) is 2.94. The third kappa shape index (κ3) is 6.28. The van der Waals surface area contributed by atoms with Crippen molar-refractivity contribution in [3.05, 3.63) is 34.9 Å². The summed E-state index contributed by atoms with van der Waals surface area (Å²) in [5, 5.41) is 14.7. The predicted molar refractivity (Wildman–Crippen MR) is 120 cm³/mol. The van der Waals surface area contributed by atoms with Gasteiger partial charge < -0.3 is 15.4 Å². The van der Waals surface area contributed by atoms with Gasteiger partial charge in [-0.25, -0.2) is 17.8 Å². The smallest absolute Gasteiger partial charge is 0.388 e. The number of hydrogen-bond acceptors (Lipinski definition) is 7. The fourth-order valence-electron chi connectivity index (χ4n) is 4.37. The first-order valence-corrected chi connectivity index (χ1v) is 12.8. The van der Waals surface area contributed by atoms with Crippen LogP contribution in [0.3, 0.4) is 0 Å². The molecule has 2 heterocycles. The number of amides is 1. The van der Waals surface area contributed by atoms with Gasteiger partial charge in [-0.2, -0.15) is 8.78 Å². The van der Waals surface area contributed by atoms with E-state index < -0.39 is 39.6 Å². The molecule has 2 aliphatic rings. The molecule has 0 aromatic carbocycles. The summed E-state index contributed by atoms with van der Waals surface area (Å²) >= 11 is 0. The number of sulfone groups is 1. The molecule has 1 saturated heterocycles. The maximum atomic E-state index is 14.4. The van der Waals surface area contributed by atoms with Gasteiger partial charge in [0.25, 0.3) is 0 Å². The van der Waals surface area contributed by atoms with Gasteiger partial charge in [0.05, 0.1) is 29.0 Å². The minimum absolute atomic E-state index is 0.0323. The number of carbonyl (C=O) groups is 1. The number of carbonyl (C=O) groups excluding carboxylic acids is 1. The molecule has 12 heteroatoms. The largest absolute Gasteiger partial charge is 0.417 e. The van der Waals surface area contributed by atoms with Gasteiger partial charge in [-0.3, -0.25) is 10.2 Å². The molecular weight excluding hydrogens is 473 g/mol. The van der Waals surface area contributed by atoms with Crippen molar-refractivity contribution in [1.82, 2.24) is 15.6 Å². The zero-order valence-corrected chi connectivity index (χ0v) is 20.1. The summed E-state index contributed by atoms with van der Waals surface area (Å²) in [7, 11) is -3.19. The number of ether oxygens (including phenoxy) is 1. The summed E-state index contributed by atoms with van der Waals surface area (Å²) in [5.41, 5.74) is -0.187. The lowest BCUT2D eigenvalue weighted by Crippen LogP contribution is -2.50. The maximum Gasteiger partial charge on any atom is 0.388 e. The molecule has 2 atom stereocenters. The summed E-state index contributed by atoms with van der Waals surface area (Å²) in [5.74, 6) is -2.15. The summed E-state index contributed by atoms with van der Waals surface area (Å²) in [6.45, 7) is 2.34. The van der Waals surface area contributed by atoms with Gasteiger partial charge in [0, 0.05) is 29.3 Å². The van der Waals surface area contributed by atoms with Crippen molar-refractivity contribution in [3.63, 3.8) is 0 Å². The van der Waals surface area contributed by atoms with Crippen LogP contribution in [0.2, 0.25) is 0 Å². The lowest BCUT2D eigenvalue weighted by atomic mass is 9.82. The fraction of sp³-hybridized carbons (Fsp3) is 0.591. The highest BCUT2D eigenvalue weighted by molar-refractivity contribution is 7.91. The van der Waals surface area contributed by atoms with Crippen molar-refractivity contribution in [2.75, 3.05) is 11.5 Å². The van der Waals surface area contributed by atoms with Gasteiger partial charge in [0.2, 0.25) is 11.8 Å². The molecule has 8 nitrogen and oxygen atoms in total. The van der Waals surface area contributed by atoms with E-state index in [-0.39, 0.29) is 47.6 Å². The topological polar surface area (TPSA) is 121 Å². The highest BCUT2D eigenvalue weighted by atomic mass is 32.2. The Bertz CT molecular complexity index is 1110. The molecule has 3 N–H and O–H groups in total. The summed E-state index contributed by atoms with van der Waals surface area (Å²) in [6.07, 6.45) is 1.96. The van der Waals surface area contributed by atoms with E-state index in [1.54, 1.807) is 6.92 Å². The molecule has 0 unspecified atom stereocenters. The Kier molecular flexibility index (Phi) is 7.59. The molecular formula is C22H29F3N4O4S.